The van der Waals surface area contributed by atoms with Crippen molar-refractivity contribution in [2.45, 2.75) is 25.4 Å². The molecule has 3 amide bonds. The van der Waals surface area contributed by atoms with Crippen molar-refractivity contribution in [1.82, 2.24) is 9.80 Å². The topological polar surface area (TPSA) is 61.9 Å². The predicted molar refractivity (Wildman–Crippen MR) is 92.9 cm³/mol. The van der Waals surface area contributed by atoms with Crippen LogP contribution >= 0.6 is 23.2 Å². The Labute approximate surface area is 150 Å². The lowest BCUT2D eigenvalue weighted by molar-refractivity contribution is 0.00497. The molecule has 0 radical (unpaired) electrons. The van der Waals surface area contributed by atoms with Gasteiger partial charge in [0, 0.05) is 18.6 Å². The van der Waals surface area contributed by atoms with Crippen molar-refractivity contribution >= 4 is 41.0 Å². The summed E-state index contributed by atoms with van der Waals surface area (Å²) in [4.78, 5) is 27.5. The van der Waals surface area contributed by atoms with E-state index in [4.69, 9.17) is 27.9 Å². The Morgan fingerprint density at radius 3 is 2.75 bits per heavy atom. The van der Waals surface area contributed by atoms with Crippen LogP contribution in [0, 0.1) is 6.92 Å². The first kappa shape index (κ1) is 17.2. The van der Waals surface area contributed by atoms with E-state index in [0.717, 1.165) is 18.4 Å². The molecule has 2 heterocycles. The Kier molecular flexibility index (Phi) is 4.53. The quantitative estimate of drug-likeness (QED) is 0.817. The minimum Gasteiger partial charge on any atom is -0.439 e. The van der Waals surface area contributed by atoms with Crippen molar-refractivity contribution in [2.75, 3.05) is 32.0 Å². The van der Waals surface area contributed by atoms with Gasteiger partial charge in [0.2, 0.25) is 0 Å². The fourth-order valence-electron chi connectivity index (χ4n) is 3.23. The van der Waals surface area contributed by atoms with Gasteiger partial charge in [-0.3, -0.25) is 0 Å². The molecule has 0 aliphatic carbocycles. The van der Waals surface area contributed by atoms with E-state index in [1.54, 1.807) is 35.9 Å². The Morgan fingerprint density at radius 1 is 1.33 bits per heavy atom. The number of rotatable bonds is 1. The van der Waals surface area contributed by atoms with Crippen LogP contribution in [0.2, 0.25) is 10.0 Å². The van der Waals surface area contributed by atoms with Crippen molar-refractivity contribution in [1.29, 1.82) is 0 Å². The van der Waals surface area contributed by atoms with Crippen LogP contribution in [0.15, 0.2) is 12.1 Å². The van der Waals surface area contributed by atoms with E-state index in [-0.39, 0.29) is 12.1 Å². The first-order valence-corrected chi connectivity index (χ1v) is 8.51. The summed E-state index contributed by atoms with van der Waals surface area (Å²) in [7, 11) is 1.70. The lowest BCUT2D eigenvalue weighted by atomic mass is 9.93. The number of nitrogens with zero attached hydrogens (tertiary/aromatic N) is 2. The highest BCUT2D eigenvalue weighted by atomic mass is 35.5. The average molecular weight is 372 g/mol. The van der Waals surface area contributed by atoms with E-state index in [0.29, 0.717) is 35.4 Å². The molecule has 2 fully saturated rings. The summed E-state index contributed by atoms with van der Waals surface area (Å²) in [5.74, 6) is 0. The maximum atomic E-state index is 12.6. The van der Waals surface area contributed by atoms with Gasteiger partial charge in [0.05, 0.1) is 23.8 Å². The largest absolute Gasteiger partial charge is 0.439 e. The lowest BCUT2D eigenvalue weighted by Gasteiger charge is -2.38. The fourth-order valence-corrected chi connectivity index (χ4v) is 3.65. The molecule has 0 bridgehead atoms. The second-order valence-corrected chi connectivity index (χ2v) is 7.18. The van der Waals surface area contributed by atoms with E-state index >= 15 is 0 Å². The SMILES string of the molecule is Cc1c(Cl)ccc(NC(=O)N2CCC[C@]3(CN(C)C(=O)O3)C2)c1Cl. The molecule has 1 spiro atoms. The van der Waals surface area contributed by atoms with E-state index in [9.17, 15) is 9.59 Å². The second-order valence-electron chi connectivity index (χ2n) is 6.40. The molecule has 6 nitrogen and oxygen atoms in total. The number of piperidine rings is 1. The first-order chi connectivity index (χ1) is 11.3. The second kappa shape index (κ2) is 6.33. The zero-order valence-electron chi connectivity index (χ0n) is 13.6. The molecule has 2 aliphatic rings. The van der Waals surface area contributed by atoms with E-state index in [2.05, 4.69) is 5.32 Å². The summed E-state index contributed by atoms with van der Waals surface area (Å²) in [6, 6.07) is 3.12. The molecule has 0 saturated carbocycles. The molecule has 1 N–H and O–H groups in total. The summed E-state index contributed by atoms with van der Waals surface area (Å²) in [5, 5.41) is 3.80. The third-order valence-electron chi connectivity index (χ3n) is 4.53. The number of anilines is 1. The number of urea groups is 1. The number of likely N-dealkylation sites (N-methyl/N-ethyl adjacent to an activating group) is 1. The molecule has 0 unspecified atom stereocenters. The Morgan fingerprint density at radius 2 is 2.08 bits per heavy atom. The summed E-state index contributed by atoms with van der Waals surface area (Å²) in [6.45, 7) is 3.28. The molecule has 24 heavy (non-hydrogen) atoms. The number of hydrogen-bond donors (Lipinski definition) is 1. The van der Waals surface area contributed by atoms with Gasteiger partial charge in [0.25, 0.3) is 0 Å². The van der Waals surface area contributed by atoms with E-state index in [1.165, 1.54) is 0 Å². The van der Waals surface area contributed by atoms with Gasteiger partial charge in [0.15, 0.2) is 0 Å². The summed E-state index contributed by atoms with van der Waals surface area (Å²) < 4.78 is 5.51. The summed E-state index contributed by atoms with van der Waals surface area (Å²) in [5.41, 5.74) is 0.627. The molecule has 2 aliphatic heterocycles. The summed E-state index contributed by atoms with van der Waals surface area (Å²) >= 11 is 12.3. The number of carbonyl (C=O) groups excluding carboxylic acids is 2. The summed E-state index contributed by atoms with van der Waals surface area (Å²) in [6.07, 6.45) is 1.20. The maximum absolute atomic E-state index is 12.6. The van der Waals surface area contributed by atoms with Crippen molar-refractivity contribution in [3.8, 4) is 0 Å². The Hall–Kier alpha value is -1.66. The van der Waals surface area contributed by atoms with Crippen LogP contribution in [0.4, 0.5) is 15.3 Å². The van der Waals surface area contributed by atoms with Crippen LogP contribution in [-0.2, 0) is 4.74 Å². The Bertz CT molecular complexity index is 697. The van der Waals surface area contributed by atoms with Crippen LogP contribution in [-0.4, -0.2) is 54.2 Å². The highest BCUT2D eigenvalue weighted by Crippen LogP contribution is 2.33. The third-order valence-corrected chi connectivity index (χ3v) is 5.43. The van der Waals surface area contributed by atoms with Gasteiger partial charge in [-0.1, -0.05) is 23.2 Å². The molecular formula is C16H19Cl2N3O3. The van der Waals surface area contributed by atoms with Gasteiger partial charge in [-0.15, -0.1) is 0 Å². The van der Waals surface area contributed by atoms with Crippen molar-refractivity contribution in [2.24, 2.45) is 0 Å². The highest BCUT2D eigenvalue weighted by Gasteiger charge is 2.47. The smallest absolute Gasteiger partial charge is 0.410 e. The lowest BCUT2D eigenvalue weighted by Crippen LogP contribution is -2.53. The van der Waals surface area contributed by atoms with Crippen LogP contribution < -0.4 is 5.32 Å². The molecule has 3 rings (SSSR count). The van der Waals surface area contributed by atoms with Crippen LogP contribution in [0.25, 0.3) is 0 Å². The van der Waals surface area contributed by atoms with Crippen LogP contribution in [0.3, 0.4) is 0 Å². The number of nitrogens with one attached hydrogen (secondary N) is 1. The molecular weight excluding hydrogens is 353 g/mol. The van der Waals surface area contributed by atoms with Crippen molar-refractivity contribution in [3.63, 3.8) is 0 Å². The van der Waals surface area contributed by atoms with Gasteiger partial charge in [-0.25, -0.2) is 9.59 Å². The predicted octanol–water partition coefficient (Wildman–Crippen LogP) is 3.75. The normalized spacial score (nSPS) is 23.6. The molecule has 0 aromatic heterocycles. The Balaban J connectivity index is 1.72. The van der Waals surface area contributed by atoms with Gasteiger partial charge < -0.3 is 19.9 Å². The average Bonchev–Trinajstić information content (AvgIpc) is 2.81. The molecule has 1 aromatic carbocycles. The molecule has 1 atom stereocenters. The fraction of sp³-hybridized carbons (Fsp3) is 0.500. The number of hydrogen-bond acceptors (Lipinski definition) is 3. The number of amides is 3. The zero-order chi connectivity index (χ0) is 17.5. The van der Waals surface area contributed by atoms with Gasteiger partial charge in [-0.2, -0.15) is 0 Å². The standard InChI is InChI=1S/C16H19Cl2N3O3/c1-10-11(17)4-5-12(13(10)18)19-14(22)21-7-3-6-16(9-21)8-20(2)15(23)24-16/h4-5H,3,6-9H2,1-2H3,(H,19,22)/t16-/m0/s1. The van der Waals surface area contributed by atoms with Crippen LogP contribution in [0.1, 0.15) is 18.4 Å². The van der Waals surface area contributed by atoms with Crippen LogP contribution in [0.5, 0.6) is 0 Å². The van der Waals surface area contributed by atoms with Gasteiger partial charge in [0.1, 0.15) is 5.60 Å². The minimum absolute atomic E-state index is 0.261. The third kappa shape index (κ3) is 3.13. The number of carbonyl (C=O) groups is 2. The zero-order valence-corrected chi connectivity index (χ0v) is 15.1. The van der Waals surface area contributed by atoms with Crippen molar-refractivity contribution in [3.05, 3.63) is 27.7 Å². The first-order valence-electron chi connectivity index (χ1n) is 7.76. The van der Waals surface area contributed by atoms with Gasteiger partial charge >= 0.3 is 12.1 Å². The number of halogens is 2. The molecule has 130 valence electrons. The number of likely N-dealkylation sites (tertiary alicyclic amines) is 1. The van der Waals surface area contributed by atoms with Crippen molar-refractivity contribution < 1.29 is 14.3 Å². The minimum atomic E-state index is -0.610. The highest BCUT2D eigenvalue weighted by molar-refractivity contribution is 6.38. The molecule has 8 heteroatoms. The molecule has 2 saturated heterocycles. The monoisotopic (exact) mass is 371 g/mol. The molecule has 1 aromatic rings. The van der Waals surface area contributed by atoms with E-state index in [1.807, 2.05) is 0 Å². The van der Waals surface area contributed by atoms with E-state index < -0.39 is 5.60 Å². The van der Waals surface area contributed by atoms with Gasteiger partial charge in [-0.05, 0) is 37.5 Å². The maximum Gasteiger partial charge on any atom is 0.410 e. The number of benzene rings is 1. The number of ether oxygens (including phenoxy) is 1.